The van der Waals surface area contributed by atoms with Crippen LogP contribution in [0.15, 0.2) is 18.2 Å². The Bertz CT molecular complexity index is 486. The number of anilines is 1. The summed E-state index contributed by atoms with van der Waals surface area (Å²) in [7, 11) is 1.59. The fourth-order valence-electron chi connectivity index (χ4n) is 1.66. The third kappa shape index (κ3) is 5.01. The van der Waals surface area contributed by atoms with Gasteiger partial charge in [0.05, 0.1) is 6.54 Å². The molecule has 0 saturated carbocycles. The highest BCUT2D eigenvalue weighted by Crippen LogP contribution is 2.16. The summed E-state index contributed by atoms with van der Waals surface area (Å²) < 4.78 is 5.03. The first kappa shape index (κ1) is 16.2. The molecule has 5 heteroatoms. The molecular weight excluding hydrogens is 256 g/mol. The summed E-state index contributed by atoms with van der Waals surface area (Å²) >= 11 is 0. The first-order valence-electron chi connectivity index (χ1n) is 6.62. The largest absolute Gasteiger partial charge is 0.372 e. The van der Waals surface area contributed by atoms with Gasteiger partial charge in [0.15, 0.2) is 0 Å². The van der Waals surface area contributed by atoms with Gasteiger partial charge >= 0.3 is 0 Å². The minimum atomic E-state index is -0.217. The van der Waals surface area contributed by atoms with Crippen molar-refractivity contribution in [3.05, 3.63) is 29.3 Å². The molecule has 1 rings (SSSR count). The van der Waals surface area contributed by atoms with E-state index in [0.717, 1.165) is 16.8 Å². The van der Waals surface area contributed by atoms with Crippen molar-refractivity contribution in [1.29, 1.82) is 0 Å². The van der Waals surface area contributed by atoms with E-state index in [9.17, 15) is 9.59 Å². The smallest absolute Gasteiger partial charge is 0.248 e. The third-order valence-corrected chi connectivity index (χ3v) is 2.90. The summed E-state index contributed by atoms with van der Waals surface area (Å²) in [4.78, 5) is 24.9. The Morgan fingerprint density at radius 3 is 2.65 bits per heavy atom. The lowest BCUT2D eigenvalue weighted by molar-refractivity contribution is -0.137. The second kappa shape index (κ2) is 7.65. The van der Waals surface area contributed by atoms with Gasteiger partial charge in [-0.3, -0.25) is 9.59 Å². The number of amides is 2. The Morgan fingerprint density at radius 2 is 2.00 bits per heavy atom. The van der Waals surface area contributed by atoms with Crippen LogP contribution in [0.3, 0.4) is 0 Å². The van der Waals surface area contributed by atoms with E-state index in [1.165, 1.54) is 4.90 Å². The van der Waals surface area contributed by atoms with E-state index >= 15 is 0 Å². The molecule has 0 bridgehead atoms. The molecule has 0 unspecified atom stereocenters. The van der Waals surface area contributed by atoms with E-state index < -0.39 is 0 Å². The Hall–Kier alpha value is -1.88. The van der Waals surface area contributed by atoms with Crippen LogP contribution in [0.25, 0.3) is 0 Å². The van der Waals surface area contributed by atoms with Gasteiger partial charge in [0.1, 0.15) is 6.61 Å². The first-order valence-corrected chi connectivity index (χ1v) is 6.62. The van der Waals surface area contributed by atoms with Crippen LogP contribution in [0.1, 0.15) is 18.1 Å². The van der Waals surface area contributed by atoms with Crippen LogP contribution >= 0.6 is 0 Å². The summed E-state index contributed by atoms with van der Waals surface area (Å²) in [6.45, 7) is 6.21. The maximum atomic E-state index is 11.9. The summed E-state index contributed by atoms with van der Waals surface area (Å²) in [5.41, 5.74) is 2.85. The predicted molar refractivity (Wildman–Crippen MR) is 78.7 cm³/mol. The van der Waals surface area contributed by atoms with E-state index in [4.69, 9.17) is 4.74 Å². The minimum Gasteiger partial charge on any atom is -0.372 e. The zero-order valence-corrected chi connectivity index (χ0v) is 12.5. The van der Waals surface area contributed by atoms with Gasteiger partial charge in [-0.05, 0) is 38.0 Å². The number of hydrogen-bond donors (Lipinski definition) is 1. The molecule has 1 N–H and O–H groups in total. The monoisotopic (exact) mass is 278 g/mol. The van der Waals surface area contributed by atoms with Gasteiger partial charge in [0.25, 0.3) is 0 Å². The highest BCUT2D eigenvalue weighted by atomic mass is 16.5. The fourth-order valence-corrected chi connectivity index (χ4v) is 1.66. The van der Waals surface area contributed by atoms with E-state index in [1.54, 1.807) is 7.05 Å². The Morgan fingerprint density at radius 1 is 1.30 bits per heavy atom. The molecule has 0 spiro atoms. The molecule has 0 radical (unpaired) electrons. The topological polar surface area (TPSA) is 58.6 Å². The molecular formula is C15H22N2O3. The molecule has 0 aromatic heterocycles. The van der Waals surface area contributed by atoms with Crippen molar-refractivity contribution in [3.63, 3.8) is 0 Å². The highest BCUT2D eigenvalue weighted by Gasteiger charge is 2.13. The van der Waals surface area contributed by atoms with E-state index in [1.807, 2.05) is 39.0 Å². The Kier molecular flexibility index (Phi) is 6.18. The molecule has 20 heavy (non-hydrogen) atoms. The number of carbonyl (C=O) groups excluding carboxylic acids is 2. The van der Waals surface area contributed by atoms with Crippen molar-refractivity contribution in [1.82, 2.24) is 4.90 Å². The molecule has 0 aliphatic rings. The van der Waals surface area contributed by atoms with E-state index in [-0.39, 0.29) is 25.0 Å². The van der Waals surface area contributed by atoms with Gasteiger partial charge in [0.2, 0.25) is 11.8 Å². The highest BCUT2D eigenvalue weighted by molar-refractivity contribution is 5.95. The molecule has 0 aliphatic heterocycles. The molecule has 1 aromatic carbocycles. The minimum absolute atomic E-state index is 0.00372. The average Bonchev–Trinajstić information content (AvgIpc) is 2.40. The van der Waals surface area contributed by atoms with Crippen molar-refractivity contribution < 1.29 is 14.3 Å². The molecule has 2 amide bonds. The number of hydrogen-bond acceptors (Lipinski definition) is 3. The number of benzene rings is 1. The van der Waals surface area contributed by atoms with Crippen LogP contribution in [0.5, 0.6) is 0 Å². The second-order valence-electron chi connectivity index (χ2n) is 4.75. The average molecular weight is 278 g/mol. The van der Waals surface area contributed by atoms with Crippen molar-refractivity contribution in [2.24, 2.45) is 0 Å². The molecule has 1 aromatic rings. The fraction of sp³-hybridized carbons (Fsp3) is 0.467. The van der Waals surface area contributed by atoms with Gasteiger partial charge in [-0.15, -0.1) is 0 Å². The SMILES string of the molecule is CCOCC(=O)N(C)CC(=O)Nc1cc(C)ccc1C. The van der Waals surface area contributed by atoms with Crippen LogP contribution in [0, 0.1) is 13.8 Å². The summed E-state index contributed by atoms with van der Waals surface area (Å²) in [6.07, 6.45) is 0. The van der Waals surface area contributed by atoms with Gasteiger partial charge in [0, 0.05) is 19.3 Å². The van der Waals surface area contributed by atoms with Gasteiger partial charge in [-0.2, -0.15) is 0 Å². The van der Waals surface area contributed by atoms with Crippen LogP contribution in [-0.2, 0) is 14.3 Å². The lowest BCUT2D eigenvalue weighted by Crippen LogP contribution is -2.37. The predicted octanol–water partition coefficient (Wildman–Crippen LogP) is 1.74. The Labute approximate surface area is 119 Å². The van der Waals surface area contributed by atoms with Crippen molar-refractivity contribution in [2.45, 2.75) is 20.8 Å². The maximum Gasteiger partial charge on any atom is 0.248 e. The maximum absolute atomic E-state index is 11.9. The normalized spacial score (nSPS) is 10.2. The number of rotatable bonds is 6. The number of likely N-dealkylation sites (N-methyl/N-ethyl adjacent to an activating group) is 1. The second-order valence-corrected chi connectivity index (χ2v) is 4.75. The zero-order valence-electron chi connectivity index (χ0n) is 12.5. The van der Waals surface area contributed by atoms with Crippen LogP contribution in [0.4, 0.5) is 5.69 Å². The third-order valence-electron chi connectivity index (χ3n) is 2.90. The molecule has 110 valence electrons. The van der Waals surface area contributed by atoms with E-state index in [2.05, 4.69) is 5.32 Å². The summed E-state index contributed by atoms with van der Waals surface area (Å²) in [5, 5.41) is 2.82. The molecule has 0 atom stereocenters. The van der Waals surface area contributed by atoms with Crippen molar-refractivity contribution in [2.75, 3.05) is 32.1 Å². The Balaban J connectivity index is 2.55. The standard InChI is InChI=1S/C15H22N2O3/c1-5-20-10-15(19)17(4)9-14(18)16-13-8-11(2)6-7-12(13)3/h6-8H,5,9-10H2,1-4H3,(H,16,18). The van der Waals surface area contributed by atoms with Gasteiger partial charge in [-0.25, -0.2) is 0 Å². The zero-order chi connectivity index (χ0) is 15.1. The molecule has 0 saturated heterocycles. The number of carbonyl (C=O) groups is 2. The quantitative estimate of drug-likeness (QED) is 0.862. The lowest BCUT2D eigenvalue weighted by atomic mass is 10.1. The van der Waals surface area contributed by atoms with Crippen molar-refractivity contribution in [3.8, 4) is 0 Å². The van der Waals surface area contributed by atoms with E-state index in [0.29, 0.717) is 6.61 Å². The van der Waals surface area contributed by atoms with Gasteiger partial charge in [-0.1, -0.05) is 12.1 Å². The lowest BCUT2D eigenvalue weighted by Gasteiger charge is -2.17. The summed E-state index contributed by atoms with van der Waals surface area (Å²) in [6, 6.07) is 5.85. The van der Waals surface area contributed by atoms with Crippen LogP contribution in [0.2, 0.25) is 0 Å². The van der Waals surface area contributed by atoms with Gasteiger partial charge < -0.3 is 15.0 Å². The molecule has 0 aliphatic carbocycles. The van der Waals surface area contributed by atoms with Crippen LogP contribution in [-0.4, -0.2) is 43.5 Å². The first-order chi connectivity index (χ1) is 9.43. The van der Waals surface area contributed by atoms with Crippen molar-refractivity contribution >= 4 is 17.5 Å². The number of aryl methyl sites for hydroxylation is 2. The van der Waals surface area contributed by atoms with Crippen LogP contribution < -0.4 is 5.32 Å². The molecule has 0 heterocycles. The number of nitrogens with zero attached hydrogens (tertiary/aromatic N) is 1. The molecule has 5 nitrogen and oxygen atoms in total. The number of ether oxygens (including phenoxy) is 1. The molecule has 0 fully saturated rings. The number of nitrogens with one attached hydrogen (secondary N) is 1. The summed E-state index contributed by atoms with van der Waals surface area (Å²) in [5.74, 6) is -0.422.